The number of nitrogens with one attached hydrogen (secondary N) is 2. The Balaban J connectivity index is 1.79. The number of H-pyrrole nitrogens is 1. The molecule has 6 heteroatoms. The Morgan fingerprint density at radius 1 is 1.47 bits per heavy atom. The third-order valence-electron chi connectivity index (χ3n) is 3.98. The number of likely N-dealkylation sites (tertiary alicyclic amines) is 1. The minimum atomic E-state index is -0.0451. The molecule has 0 aliphatic carbocycles. The Labute approximate surface area is 99.8 Å². The molecule has 3 heterocycles. The summed E-state index contributed by atoms with van der Waals surface area (Å²) in [5, 5.41) is 10.0. The van der Waals surface area contributed by atoms with Gasteiger partial charge in [-0.3, -0.25) is 9.89 Å². The molecule has 0 spiro atoms. The van der Waals surface area contributed by atoms with Crippen LogP contribution in [0, 0.1) is 18.8 Å². The average molecular weight is 235 g/mol. The highest BCUT2D eigenvalue weighted by atomic mass is 16.2. The lowest BCUT2D eigenvalue weighted by Gasteiger charge is -2.23. The third-order valence-corrected chi connectivity index (χ3v) is 3.98. The second kappa shape index (κ2) is 3.80. The van der Waals surface area contributed by atoms with Crippen LogP contribution in [0.5, 0.6) is 0 Å². The molecule has 1 aromatic rings. The normalized spacial score (nSPS) is 31.9. The zero-order valence-corrected chi connectivity index (χ0v) is 10.1. The van der Waals surface area contributed by atoms with Crippen LogP contribution in [0.1, 0.15) is 23.4 Å². The molecular formula is C11H17N5O. The number of hydrogen-bond acceptors (Lipinski definition) is 4. The van der Waals surface area contributed by atoms with Gasteiger partial charge in [0.25, 0.3) is 5.91 Å². The fraction of sp³-hybridized carbons (Fsp3) is 0.727. The van der Waals surface area contributed by atoms with Crippen molar-refractivity contribution in [2.24, 2.45) is 11.8 Å². The van der Waals surface area contributed by atoms with Crippen LogP contribution in [-0.2, 0) is 0 Å². The van der Waals surface area contributed by atoms with Crippen LogP contribution in [0.4, 0.5) is 0 Å². The van der Waals surface area contributed by atoms with E-state index in [4.69, 9.17) is 0 Å². The maximum absolute atomic E-state index is 12.3. The molecule has 3 atom stereocenters. The lowest BCUT2D eigenvalue weighted by atomic mass is 9.95. The largest absolute Gasteiger partial charge is 0.332 e. The molecule has 2 aliphatic rings. The van der Waals surface area contributed by atoms with Gasteiger partial charge < -0.3 is 10.2 Å². The van der Waals surface area contributed by atoms with Crippen molar-refractivity contribution in [3.8, 4) is 0 Å². The van der Waals surface area contributed by atoms with Crippen LogP contribution >= 0.6 is 0 Å². The van der Waals surface area contributed by atoms with E-state index in [2.05, 4.69) is 27.4 Å². The molecule has 1 amide bonds. The average Bonchev–Trinajstić information content (AvgIpc) is 2.96. The molecule has 0 bridgehead atoms. The van der Waals surface area contributed by atoms with Crippen molar-refractivity contribution < 1.29 is 4.79 Å². The number of aromatic nitrogens is 3. The van der Waals surface area contributed by atoms with Gasteiger partial charge in [-0.2, -0.15) is 0 Å². The summed E-state index contributed by atoms with van der Waals surface area (Å²) < 4.78 is 0. The lowest BCUT2D eigenvalue weighted by molar-refractivity contribution is 0.0716. The number of aromatic amines is 1. The maximum atomic E-state index is 12.3. The van der Waals surface area contributed by atoms with Crippen molar-refractivity contribution in [2.45, 2.75) is 19.9 Å². The first-order chi connectivity index (χ1) is 8.16. The molecule has 0 radical (unpaired) electrons. The predicted octanol–water partition coefficient (Wildman–Crippen LogP) is -0.207. The summed E-state index contributed by atoms with van der Waals surface area (Å²) in [6.07, 6.45) is 0. The Bertz CT molecular complexity index is 443. The molecule has 17 heavy (non-hydrogen) atoms. The first kappa shape index (κ1) is 10.7. The van der Waals surface area contributed by atoms with Crippen LogP contribution in [0.15, 0.2) is 0 Å². The van der Waals surface area contributed by atoms with Gasteiger partial charge in [0.1, 0.15) is 5.82 Å². The van der Waals surface area contributed by atoms with Crippen LogP contribution in [0.3, 0.4) is 0 Å². The summed E-state index contributed by atoms with van der Waals surface area (Å²) in [6, 6.07) is 0.279. The second-order valence-electron chi connectivity index (χ2n) is 5.02. The van der Waals surface area contributed by atoms with Crippen LogP contribution in [0.25, 0.3) is 0 Å². The molecule has 2 aliphatic heterocycles. The highest BCUT2D eigenvalue weighted by Gasteiger charge is 2.44. The van der Waals surface area contributed by atoms with Crippen LogP contribution in [0.2, 0.25) is 0 Å². The maximum Gasteiger partial charge on any atom is 0.293 e. The zero-order valence-electron chi connectivity index (χ0n) is 10.1. The van der Waals surface area contributed by atoms with Crippen molar-refractivity contribution in [1.29, 1.82) is 0 Å². The highest BCUT2D eigenvalue weighted by Crippen LogP contribution is 2.32. The minimum Gasteiger partial charge on any atom is -0.332 e. The topological polar surface area (TPSA) is 73.9 Å². The number of carbonyl (C=O) groups excluding carboxylic acids is 1. The summed E-state index contributed by atoms with van der Waals surface area (Å²) in [5.41, 5.74) is 0. The van der Waals surface area contributed by atoms with Gasteiger partial charge in [-0.15, -0.1) is 5.10 Å². The molecule has 3 rings (SSSR count). The standard InChI is InChI=1S/C11H17N5O/c1-6-9-4-12-3-8(9)5-16(6)11(17)10-13-7(2)14-15-10/h6,8-9,12H,3-5H2,1-2H3,(H,13,14,15). The fourth-order valence-corrected chi connectivity index (χ4v) is 3.00. The summed E-state index contributed by atoms with van der Waals surface area (Å²) in [5.74, 6) is 2.11. The molecule has 1 aromatic heterocycles. The number of rotatable bonds is 1. The van der Waals surface area contributed by atoms with Crippen molar-refractivity contribution in [3.05, 3.63) is 11.6 Å². The van der Waals surface area contributed by atoms with Crippen molar-refractivity contribution in [1.82, 2.24) is 25.4 Å². The Kier molecular flexibility index (Phi) is 2.39. The number of amides is 1. The summed E-state index contributed by atoms with van der Waals surface area (Å²) >= 11 is 0. The van der Waals surface area contributed by atoms with E-state index in [1.54, 1.807) is 6.92 Å². The van der Waals surface area contributed by atoms with E-state index < -0.39 is 0 Å². The fourth-order valence-electron chi connectivity index (χ4n) is 3.00. The number of nitrogens with zero attached hydrogens (tertiary/aromatic N) is 3. The van der Waals surface area contributed by atoms with E-state index in [0.717, 1.165) is 19.6 Å². The lowest BCUT2D eigenvalue weighted by Crippen LogP contribution is -2.38. The molecule has 2 N–H and O–H groups in total. The van der Waals surface area contributed by atoms with Gasteiger partial charge in [0.05, 0.1) is 0 Å². The van der Waals surface area contributed by atoms with Gasteiger partial charge in [-0.05, 0) is 25.7 Å². The van der Waals surface area contributed by atoms with Gasteiger partial charge in [0, 0.05) is 25.7 Å². The molecule has 2 saturated heterocycles. The first-order valence-corrected chi connectivity index (χ1v) is 6.07. The van der Waals surface area contributed by atoms with E-state index in [9.17, 15) is 4.79 Å². The zero-order chi connectivity index (χ0) is 12.0. The SMILES string of the molecule is Cc1nc(C(=O)N2CC3CNCC3C2C)n[nH]1. The number of carbonyl (C=O) groups is 1. The summed E-state index contributed by atoms with van der Waals surface area (Å²) in [4.78, 5) is 18.3. The van der Waals surface area contributed by atoms with E-state index in [1.165, 1.54) is 0 Å². The summed E-state index contributed by atoms with van der Waals surface area (Å²) in [7, 11) is 0. The van der Waals surface area contributed by atoms with Gasteiger partial charge in [0.2, 0.25) is 5.82 Å². The van der Waals surface area contributed by atoms with Gasteiger partial charge in [0.15, 0.2) is 0 Å². The molecule has 0 saturated carbocycles. The Morgan fingerprint density at radius 3 is 2.94 bits per heavy atom. The van der Waals surface area contributed by atoms with Crippen LogP contribution in [-0.4, -0.2) is 51.7 Å². The van der Waals surface area contributed by atoms with Gasteiger partial charge >= 0.3 is 0 Å². The Morgan fingerprint density at radius 2 is 2.29 bits per heavy atom. The third kappa shape index (κ3) is 1.63. The van der Waals surface area contributed by atoms with Gasteiger partial charge in [-0.1, -0.05) is 0 Å². The quantitative estimate of drug-likeness (QED) is 0.706. The monoisotopic (exact) mass is 235 g/mol. The minimum absolute atomic E-state index is 0.0451. The van der Waals surface area contributed by atoms with E-state index in [1.807, 2.05) is 4.90 Å². The molecule has 92 valence electrons. The Hall–Kier alpha value is -1.43. The smallest absolute Gasteiger partial charge is 0.293 e. The molecule has 3 unspecified atom stereocenters. The van der Waals surface area contributed by atoms with Crippen molar-refractivity contribution in [2.75, 3.05) is 19.6 Å². The predicted molar refractivity (Wildman–Crippen MR) is 61.5 cm³/mol. The second-order valence-corrected chi connectivity index (χ2v) is 5.02. The number of hydrogen-bond donors (Lipinski definition) is 2. The number of aryl methyl sites for hydroxylation is 1. The van der Waals surface area contributed by atoms with E-state index in [-0.39, 0.29) is 11.9 Å². The molecule has 0 aromatic carbocycles. The van der Waals surface area contributed by atoms with Crippen molar-refractivity contribution in [3.63, 3.8) is 0 Å². The van der Waals surface area contributed by atoms with Crippen LogP contribution < -0.4 is 5.32 Å². The van der Waals surface area contributed by atoms with Gasteiger partial charge in [-0.25, -0.2) is 4.98 Å². The highest BCUT2D eigenvalue weighted by molar-refractivity contribution is 5.90. The molecular weight excluding hydrogens is 218 g/mol. The molecule has 2 fully saturated rings. The number of fused-ring (bicyclic) bond motifs is 1. The van der Waals surface area contributed by atoms with Crippen molar-refractivity contribution >= 4 is 5.91 Å². The van der Waals surface area contributed by atoms with E-state index in [0.29, 0.717) is 23.5 Å². The molecule has 6 nitrogen and oxygen atoms in total. The first-order valence-electron chi connectivity index (χ1n) is 6.07. The summed E-state index contributed by atoms with van der Waals surface area (Å²) in [6.45, 7) is 6.78. The van der Waals surface area contributed by atoms with E-state index >= 15 is 0 Å².